The van der Waals surface area contributed by atoms with Crippen molar-refractivity contribution < 1.29 is 19.1 Å². The van der Waals surface area contributed by atoms with E-state index in [1.54, 1.807) is 36.1 Å². The fourth-order valence-corrected chi connectivity index (χ4v) is 3.75. The molecule has 5 heteroatoms. The summed E-state index contributed by atoms with van der Waals surface area (Å²) in [6.45, 7) is 4.25. The number of esters is 1. The van der Waals surface area contributed by atoms with Crippen molar-refractivity contribution in [2.24, 2.45) is 5.92 Å². The van der Waals surface area contributed by atoms with Gasteiger partial charge in [-0.1, -0.05) is 73.7 Å². The minimum atomic E-state index is -0.687. The van der Waals surface area contributed by atoms with Crippen molar-refractivity contribution in [3.05, 3.63) is 83.4 Å². The van der Waals surface area contributed by atoms with E-state index in [0.717, 1.165) is 5.56 Å². The van der Waals surface area contributed by atoms with Crippen LogP contribution in [0, 0.1) is 5.92 Å². The Morgan fingerprint density at radius 2 is 1.67 bits per heavy atom. The molecule has 0 N–H and O–H groups in total. The lowest BCUT2D eigenvalue weighted by Gasteiger charge is -2.30. The van der Waals surface area contributed by atoms with Crippen LogP contribution >= 0.6 is 0 Å². The number of rotatable bonds is 7. The number of ether oxygens (including phenoxy) is 1. The number of amides is 1. The molecule has 1 unspecified atom stereocenters. The van der Waals surface area contributed by atoms with Crippen molar-refractivity contribution in [3.63, 3.8) is 0 Å². The Bertz CT molecular complexity index is 921. The summed E-state index contributed by atoms with van der Waals surface area (Å²) in [4.78, 5) is 40.5. The molecule has 0 radical (unpaired) electrons. The number of Topliss-reactive ketones (excluding diaryl/α,β-unsaturated/α-hetero) is 1. The number of nitrogens with zero attached hydrogens (tertiary/aromatic N) is 1. The Morgan fingerprint density at radius 3 is 2.30 bits per heavy atom. The normalized spacial score (nSPS) is 19.1. The Kier molecular flexibility index (Phi) is 7.17. The first-order valence-corrected chi connectivity index (χ1v) is 10.3. The Morgan fingerprint density at radius 1 is 1.03 bits per heavy atom. The average molecular weight is 405 g/mol. The molecule has 156 valence electrons. The van der Waals surface area contributed by atoms with Crippen LogP contribution < -0.4 is 0 Å². The van der Waals surface area contributed by atoms with E-state index in [1.807, 2.05) is 49.4 Å². The van der Waals surface area contributed by atoms with Crippen LogP contribution in [-0.4, -0.2) is 35.2 Å². The van der Waals surface area contributed by atoms with Gasteiger partial charge in [0.15, 0.2) is 5.78 Å². The predicted octanol–water partition coefficient (Wildman–Crippen LogP) is 4.19. The zero-order valence-electron chi connectivity index (χ0n) is 17.4. The minimum Gasteiger partial charge on any atom is -0.464 e. The van der Waals surface area contributed by atoms with Gasteiger partial charge >= 0.3 is 5.97 Å². The SMILES string of the molecule is CCOC(=O)[C@@H]1CC(C)C=C(CC(=O)c2ccccc2)C(=O)N1Cc1ccccc1. The first-order chi connectivity index (χ1) is 14.5. The van der Waals surface area contributed by atoms with Gasteiger partial charge in [0.25, 0.3) is 5.91 Å². The van der Waals surface area contributed by atoms with E-state index in [0.29, 0.717) is 17.6 Å². The first kappa shape index (κ1) is 21.5. The van der Waals surface area contributed by atoms with E-state index in [4.69, 9.17) is 4.74 Å². The summed E-state index contributed by atoms with van der Waals surface area (Å²) < 4.78 is 5.26. The zero-order chi connectivity index (χ0) is 21.5. The van der Waals surface area contributed by atoms with Crippen LogP contribution in [-0.2, 0) is 20.9 Å². The number of carbonyl (C=O) groups is 3. The minimum absolute atomic E-state index is 0.00796. The summed E-state index contributed by atoms with van der Waals surface area (Å²) in [7, 11) is 0. The second-order valence-corrected chi connectivity index (χ2v) is 7.56. The second-order valence-electron chi connectivity index (χ2n) is 7.56. The van der Waals surface area contributed by atoms with Gasteiger partial charge in [0.05, 0.1) is 6.61 Å². The van der Waals surface area contributed by atoms with Crippen molar-refractivity contribution in [2.75, 3.05) is 6.61 Å². The fraction of sp³-hybridized carbons (Fsp3) is 0.320. The highest BCUT2D eigenvalue weighted by molar-refractivity contribution is 6.06. The molecule has 3 rings (SSSR count). The molecule has 0 saturated carbocycles. The number of hydrogen-bond acceptors (Lipinski definition) is 4. The molecule has 0 bridgehead atoms. The maximum Gasteiger partial charge on any atom is 0.328 e. The molecule has 0 spiro atoms. The summed E-state index contributed by atoms with van der Waals surface area (Å²) in [5.74, 6) is -0.845. The van der Waals surface area contributed by atoms with Crippen LogP contribution in [0.2, 0.25) is 0 Å². The summed E-state index contributed by atoms with van der Waals surface area (Å²) >= 11 is 0. The molecule has 2 aromatic carbocycles. The Balaban J connectivity index is 1.90. The molecular formula is C25H27NO4. The molecule has 0 fully saturated rings. The van der Waals surface area contributed by atoms with Crippen LogP contribution in [0.15, 0.2) is 72.3 Å². The lowest BCUT2D eigenvalue weighted by Crippen LogP contribution is -2.45. The van der Waals surface area contributed by atoms with Gasteiger partial charge in [-0.3, -0.25) is 9.59 Å². The molecular weight excluding hydrogens is 378 g/mol. The van der Waals surface area contributed by atoms with Crippen molar-refractivity contribution in [1.82, 2.24) is 4.90 Å². The van der Waals surface area contributed by atoms with Crippen molar-refractivity contribution in [2.45, 2.75) is 39.3 Å². The summed E-state index contributed by atoms with van der Waals surface area (Å²) in [5, 5.41) is 0. The second kappa shape index (κ2) is 10.0. The molecule has 5 nitrogen and oxygen atoms in total. The van der Waals surface area contributed by atoms with E-state index >= 15 is 0 Å². The molecule has 2 aromatic rings. The largest absolute Gasteiger partial charge is 0.464 e. The lowest BCUT2D eigenvalue weighted by molar-refractivity contribution is -0.154. The highest BCUT2D eigenvalue weighted by Gasteiger charge is 2.36. The topological polar surface area (TPSA) is 63.7 Å². The molecule has 1 aliphatic rings. The zero-order valence-corrected chi connectivity index (χ0v) is 17.4. The summed E-state index contributed by atoms with van der Waals surface area (Å²) in [6.07, 6.45) is 2.30. The van der Waals surface area contributed by atoms with Crippen LogP contribution in [0.3, 0.4) is 0 Å². The number of allylic oxidation sites excluding steroid dienone is 1. The highest BCUT2D eigenvalue weighted by atomic mass is 16.5. The Labute approximate surface area is 177 Å². The van der Waals surface area contributed by atoms with Gasteiger partial charge < -0.3 is 9.64 Å². The van der Waals surface area contributed by atoms with E-state index in [1.165, 1.54) is 0 Å². The maximum atomic E-state index is 13.5. The smallest absolute Gasteiger partial charge is 0.328 e. The van der Waals surface area contributed by atoms with Gasteiger partial charge in [0, 0.05) is 24.1 Å². The van der Waals surface area contributed by atoms with Crippen LogP contribution in [0.25, 0.3) is 0 Å². The molecule has 2 atom stereocenters. The molecule has 1 aliphatic heterocycles. The number of ketones is 1. The quantitative estimate of drug-likeness (QED) is 0.512. The van der Waals surface area contributed by atoms with Crippen molar-refractivity contribution >= 4 is 17.7 Å². The van der Waals surface area contributed by atoms with Crippen molar-refractivity contribution in [1.29, 1.82) is 0 Å². The predicted molar refractivity (Wildman–Crippen MR) is 115 cm³/mol. The van der Waals surface area contributed by atoms with Gasteiger partial charge in [-0.2, -0.15) is 0 Å². The molecule has 0 aliphatic carbocycles. The van der Waals surface area contributed by atoms with Gasteiger partial charge in [-0.25, -0.2) is 4.79 Å². The van der Waals surface area contributed by atoms with Crippen LogP contribution in [0.4, 0.5) is 0 Å². The number of carbonyl (C=O) groups excluding carboxylic acids is 3. The van der Waals surface area contributed by atoms with Gasteiger partial charge in [-0.05, 0) is 24.8 Å². The van der Waals surface area contributed by atoms with Gasteiger partial charge in [0.1, 0.15) is 6.04 Å². The standard InChI is InChI=1S/C25H27NO4/c1-3-30-25(29)22-15-18(2)14-21(16-23(27)20-12-8-5-9-13-20)24(28)26(22)17-19-10-6-4-7-11-19/h4-14,18,22H,3,15-17H2,1-2H3/t18?,22-/m0/s1. The fourth-order valence-electron chi connectivity index (χ4n) is 3.75. The molecule has 0 saturated heterocycles. The van der Waals surface area contributed by atoms with E-state index in [-0.39, 0.29) is 37.2 Å². The third kappa shape index (κ3) is 5.23. The van der Waals surface area contributed by atoms with Crippen LogP contribution in [0.5, 0.6) is 0 Å². The Hall–Kier alpha value is -3.21. The lowest BCUT2D eigenvalue weighted by atomic mass is 9.98. The van der Waals surface area contributed by atoms with E-state index < -0.39 is 12.0 Å². The average Bonchev–Trinajstić information content (AvgIpc) is 2.87. The molecule has 0 aromatic heterocycles. The third-order valence-electron chi connectivity index (χ3n) is 5.19. The molecule has 1 amide bonds. The molecule has 30 heavy (non-hydrogen) atoms. The maximum absolute atomic E-state index is 13.5. The van der Waals surface area contributed by atoms with Gasteiger partial charge in [-0.15, -0.1) is 0 Å². The highest BCUT2D eigenvalue weighted by Crippen LogP contribution is 2.27. The van der Waals surface area contributed by atoms with Crippen molar-refractivity contribution in [3.8, 4) is 0 Å². The number of hydrogen-bond donors (Lipinski definition) is 0. The van der Waals surface area contributed by atoms with E-state index in [2.05, 4.69) is 0 Å². The number of benzene rings is 2. The summed E-state index contributed by atoms with van der Waals surface area (Å²) in [6, 6.07) is 17.8. The van der Waals surface area contributed by atoms with Gasteiger partial charge in [0.2, 0.25) is 0 Å². The summed E-state index contributed by atoms with van der Waals surface area (Å²) in [5.41, 5.74) is 1.92. The van der Waals surface area contributed by atoms with E-state index in [9.17, 15) is 14.4 Å². The molecule has 1 heterocycles. The first-order valence-electron chi connectivity index (χ1n) is 10.3. The monoisotopic (exact) mass is 405 g/mol. The van der Waals surface area contributed by atoms with Crippen LogP contribution in [0.1, 0.15) is 42.6 Å². The third-order valence-corrected chi connectivity index (χ3v) is 5.19.